The lowest BCUT2D eigenvalue weighted by molar-refractivity contribution is 0.186. The van der Waals surface area contributed by atoms with Crippen LogP contribution in [-0.2, 0) is 6.42 Å². The summed E-state index contributed by atoms with van der Waals surface area (Å²) in [7, 11) is 0. The first-order chi connectivity index (χ1) is 11.3. The Bertz CT molecular complexity index is 375. The lowest BCUT2D eigenvalue weighted by Crippen LogP contribution is -2.00. The number of aliphatic hydroxyl groups excluding tert-OH is 2. The van der Waals surface area contributed by atoms with Crippen LogP contribution in [0, 0.1) is 0 Å². The Kier molecular flexibility index (Phi) is 16.1. The molecule has 0 aromatic heterocycles. The van der Waals surface area contributed by atoms with Crippen molar-refractivity contribution in [3.63, 3.8) is 0 Å². The molecule has 0 spiro atoms. The van der Waals surface area contributed by atoms with Gasteiger partial charge in [-0.25, -0.2) is 0 Å². The average molecular weight is 322 g/mol. The molecule has 1 aromatic rings. The van der Waals surface area contributed by atoms with E-state index < -0.39 is 0 Å². The predicted molar refractivity (Wildman–Crippen MR) is 98.0 cm³/mol. The third kappa shape index (κ3) is 12.9. The number of para-hydroxylation sites is 1. The van der Waals surface area contributed by atoms with Gasteiger partial charge in [-0.3, -0.25) is 0 Å². The molecule has 0 fully saturated rings. The number of ether oxygens (including phenoxy) is 1. The van der Waals surface area contributed by atoms with Gasteiger partial charge < -0.3 is 14.9 Å². The van der Waals surface area contributed by atoms with Gasteiger partial charge in [-0.2, -0.15) is 0 Å². The highest BCUT2D eigenvalue weighted by atomic mass is 16.5. The summed E-state index contributed by atoms with van der Waals surface area (Å²) < 4.78 is 5.87. The van der Waals surface area contributed by atoms with Crippen molar-refractivity contribution < 1.29 is 14.9 Å². The number of unbranched alkanes of at least 4 members (excludes halogenated alkanes) is 6. The Hall–Kier alpha value is -1.32. The zero-order chi connectivity index (χ0) is 17.2. The lowest BCUT2D eigenvalue weighted by atomic mass is 10.1. The maximum Gasteiger partial charge on any atom is 0.122 e. The number of aliphatic hydroxyl groups is 2. The highest BCUT2D eigenvalue weighted by Crippen LogP contribution is 2.19. The van der Waals surface area contributed by atoms with Crippen LogP contribution in [-0.4, -0.2) is 30.0 Å². The van der Waals surface area contributed by atoms with E-state index in [1.54, 1.807) is 0 Å². The van der Waals surface area contributed by atoms with Crippen molar-refractivity contribution in [2.45, 2.75) is 58.3 Å². The molecule has 0 saturated heterocycles. The van der Waals surface area contributed by atoms with Gasteiger partial charge in [0.05, 0.1) is 19.8 Å². The van der Waals surface area contributed by atoms with Crippen LogP contribution in [0.1, 0.15) is 57.4 Å². The minimum Gasteiger partial charge on any atom is -0.493 e. The highest BCUT2D eigenvalue weighted by molar-refractivity contribution is 5.34. The van der Waals surface area contributed by atoms with Crippen LogP contribution in [0.2, 0.25) is 0 Å². The van der Waals surface area contributed by atoms with Gasteiger partial charge in [0, 0.05) is 0 Å². The molecule has 0 heterocycles. The van der Waals surface area contributed by atoms with Crippen molar-refractivity contribution in [3.05, 3.63) is 42.5 Å². The second-order valence-electron chi connectivity index (χ2n) is 5.52. The summed E-state index contributed by atoms with van der Waals surface area (Å²) in [5, 5.41) is 15.2. The fourth-order valence-corrected chi connectivity index (χ4v) is 2.21. The number of allylic oxidation sites excluding steroid dienone is 1. The van der Waals surface area contributed by atoms with Crippen molar-refractivity contribution >= 4 is 0 Å². The minimum atomic E-state index is -0.125. The van der Waals surface area contributed by atoms with Gasteiger partial charge >= 0.3 is 0 Å². The molecule has 0 unspecified atom stereocenters. The number of hydrogen-bond acceptors (Lipinski definition) is 3. The second-order valence-corrected chi connectivity index (χ2v) is 5.52. The summed E-state index contributed by atoms with van der Waals surface area (Å²) in [5.74, 6) is 1.02. The zero-order valence-electron chi connectivity index (χ0n) is 14.7. The van der Waals surface area contributed by atoms with Gasteiger partial charge in [0.2, 0.25) is 0 Å². The molecule has 0 aliphatic carbocycles. The molecule has 1 rings (SSSR count). The first kappa shape index (κ1) is 21.7. The predicted octanol–water partition coefficient (Wildman–Crippen LogP) is 4.52. The van der Waals surface area contributed by atoms with Crippen molar-refractivity contribution in [3.8, 4) is 5.75 Å². The molecule has 0 saturated carbocycles. The van der Waals surface area contributed by atoms with E-state index in [1.807, 2.05) is 12.1 Å². The monoisotopic (exact) mass is 322 g/mol. The minimum absolute atomic E-state index is 0.125. The van der Waals surface area contributed by atoms with E-state index in [2.05, 4.69) is 31.7 Å². The van der Waals surface area contributed by atoms with Crippen molar-refractivity contribution in [2.24, 2.45) is 0 Å². The van der Waals surface area contributed by atoms with E-state index >= 15 is 0 Å². The van der Waals surface area contributed by atoms with Gasteiger partial charge in [-0.15, -0.1) is 6.58 Å². The van der Waals surface area contributed by atoms with E-state index in [9.17, 15) is 0 Å². The maximum atomic E-state index is 7.62. The molecule has 23 heavy (non-hydrogen) atoms. The first-order valence-corrected chi connectivity index (χ1v) is 8.83. The van der Waals surface area contributed by atoms with E-state index in [1.165, 1.54) is 44.1 Å². The molecule has 3 nitrogen and oxygen atoms in total. The van der Waals surface area contributed by atoms with Crippen LogP contribution in [0.5, 0.6) is 5.75 Å². The molecule has 0 bridgehead atoms. The Morgan fingerprint density at radius 1 is 0.957 bits per heavy atom. The smallest absolute Gasteiger partial charge is 0.122 e. The van der Waals surface area contributed by atoms with E-state index in [0.717, 1.165) is 25.2 Å². The zero-order valence-corrected chi connectivity index (χ0v) is 14.7. The SMILES string of the molecule is C=CCc1ccccc1OCCCCCCCCC.OCCO. The van der Waals surface area contributed by atoms with Gasteiger partial charge in [0.1, 0.15) is 5.75 Å². The van der Waals surface area contributed by atoms with Crippen LogP contribution in [0.3, 0.4) is 0 Å². The average Bonchev–Trinajstić information content (AvgIpc) is 2.59. The van der Waals surface area contributed by atoms with Crippen LogP contribution in [0.15, 0.2) is 36.9 Å². The number of benzene rings is 1. The largest absolute Gasteiger partial charge is 0.493 e. The lowest BCUT2D eigenvalue weighted by Gasteiger charge is -2.10. The normalized spacial score (nSPS) is 9.87. The molecule has 0 amide bonds. The fourth-order valence-electron chi connectivity index (χ4n) is 2.21. The van der Waals surface area contributed by atoms with E-state index in [0.29, 0.717) is 0 Å². The third-order valence-corrected chi connectivity index (χ3v) is 3.44. The van der Waals surface area contributed by atoms with Crippen molar-refractivity contribution in [1.29, 1.82) is 0 Å². The summed E-state index contributed by atoms with van der Waals surface area (Å²) in [4.78, 5) is 0. The molecule has 0 atom stereocenters. The summed E-state index contributed by atoms with van der Waals surface area (Å²) in [6, 6.07) is 8.26. The first-order valence-electron chi connectivity index (χ1n) is 8.83. The summed E-state index contributed by atoms with van der Waals surface area (Å²) in [6.45, 7) is 6.63. The number of hydrogen-bond donors (Lipinski definition) is 2. The van der Waals surface area contributed by atoms with E-state index in [-0.39, 0.29) is 13.2 Å². The van der Waals surface area contributed by atoms with Gasteiger partial charge in [-0.1, -0.05) is 69.7 Å². The second kappa shape index (κ2) is 17.0. The van der Waals surface area contributed by atoms with Crippen molar-refractivity contribution in [2.75, 3.05) is 19.8 Å². The Morgan fingerprint density at radius 2 is 1.57 bits per heavy atom. The van der Waals surface area contributed by atoms with Crippen molar-refractivity contribution in [1.82, 2.24) is 0 Å². The van der Waals surface area contributed by atoms with Gasteiger partial charge in [0.25, 0.3) is 0 Å². The molecule has 2 N–H and O–H groups in total. The van der Waals surface area contributed by atoms with Crippen LogP contribution < -0.4 is 4.74 Å². The Balaban J connectivity index is 0.00000108. The van der Waals surface area contributed by atoms with Crippen LogP contribution in [0.25, 0.3) is 0 Å². The molecule has 0 radical (unpaired) electrons. The summed E-state index contributed by atoms with van der Waals surface area (Å²) in [6.07, 6.45) is 12.1. The quantitative estimate of drug-likeness (QED) is 0.439. The van der Waals surface area contributed by atoms with Crippen LogP contribution >= 0.6 is 0 Å². The fraction of sp³-hybridized carbons (Fsp3) is 0.600. The van der Waals surface area contributed by atoms with Gasteiger partial charge in [-0.05, 0) is 24.5 Å². The molecular weight excluding hydrogens is 288 g/mol. The number of rotatable bonds is 12. The van der Waals surface area contributed by atoms with E-state index in [4.69, 9.17) is 14.9 Å². The highest BCUT2D eigenvalue weighted by Gasteiger charge is 2.00. The molecule has 3 heteroatoms. The molecule has 1 aromatic carbocycles. The third-order valence-electron chi connectivity index (χ3n) is 3.44. The summed E-state index contributed by atoms with van der Waals surface area (Å²) in [5.41, 5.74) is 1.24. The standard InChI is InChI=1S/C18H28O.C2H6O2/c1-3-5-6-7-8-9-12-16-19-18-15-11-10-14-17(18)13-4-2;3-1-2-4/h4,10-11,14-15H,2-3,5-9,12-13,16H2,1H3;3-4H,1-2H2. The van der Waals surface area contributed by atoms with Gasteiger partial charge in [0.15, 0.2) is 0 Å². The molecule has 0 aliphatic rings. The Labute approximate surface area is 142 Å². The Morgan fingerprint density at radius 3 is 2.17 bits per heavy atom. The molecule has 0 aliphatic heterocycles. The van der Waals surface area contributed by atoms with Crippen LogP contribution in [0.4, 0.5) is 0 Å². The molecule has 132 valence electrons. The topological polar surface area (TPSA) is 49.7 Å². The molecular formula is C20H34O3. The maximum absolute atomic E-state index is 7.62. The summed E-state index contributed by atoms with van der Waals surface area (Å²) >= 11 is 0.